The second-order valence-corrected chi connectivity index (χ2v) is 6.53. The Balaban J connectivity index is 1.67. The quantitative estimate of drug-likeness (QED) is 0.888. The fourth-order valence-corrected chi connectivity index (χ4v) is 3.39. The Bertz CT molecular complexity index is 750. The average molecular weight is 347 g/mol. The number of halogens is 2. The summed E-state index contributed by atoms with van der Waals surface area (Å²) in [4.78, 5) is 14.3. The van der Waals surface area contributed by atoms with Crippen LogP contribution < -0.4 is 5.32 Å². The molecular weight excluding hydrogens is 327 g/mol. The zero-order chi connectivity index (χ0) is 17.1. The van der Waals surface area contributed by atoms with Gasteiger partial charge < -0.3 is 10.2 Å². The van der Waals surface area contributed by atoms with E-state index >= 15 is 0 Å². The minimum Gasteiger partial charge on any atom is -0.374 e. The van der Waals surface area contributed by atoms with Crippen molar-refractivity contribution in [3.8, 4) is 0 Å². The second kappa shape index (κ2) is 7.22. The number of rotatable bonds is 4. The Morgan fingerprint density at radius 1 is 1.33 bits per heavy atom. The highest BCUT2D eigenvalue weighted by molar-refractivity contribution is 6.30. The van der Waals surface area contributed by atoms with E-state index in [9.17, 15) is 9.18 Å². The summed E-state index contributed by atoms with van der Waals surface area (Å²) >= 11 is 5.74. The second-order valence-electron chi connectivity index (χ2n) is 6.09. The average Bonchev–Trinajstić information content (AvgIpc) is 2.59. The molecule has 2 aromatic rings. The molecule has 1 aliphatic carbocycles. The van der Waals surface area contributed by atoms with Crippen LogP contribution in [0.5, 0.6) is 0 Å². The van der Waals surface area contributed by atoms with Crippen LogP contribution in [0.25, 0.3) is 0 Å². The number of carbonyl (C=O) groups excluding carboxylic acids is 1. The highest BCUT2D eigenvalue weighted by atomic mass is 35.5. The summed E-state index contributed by atoms with van der Waals surface area (Å²) in [5.41, 5.74) is 2.81. The molecule has 0 aliphatic heterocycles. The molecule has 0 bridgehead atoms. The van der Waals surface area contributed by atoms with Gasteiger partial charge in [0.15, 0.2) is 0 Å². The number of carbonyl (C=O) groups is 1. The van der Waals surface area contributed by atoms with Gasteiger partial charge >= 0.3 is 0 Å². The lowest BCUT2D eigenvalue weighted by molar-refractivity contribution is -0.130. The molecule has 0 aromatic heterocycles. The fourth-order valence-electron chi connectivity index (χ4n) is 3.23. The van der Waals surface area contributed by atoms with Crippen molar-refractivity contribution in [3.63, 3.8) is 0 Å². The van der Waals surface area contributed by atoms with E-state index in [-0.39, 0.29) is 24.2 Å². The molecule has 24 heavy (non-hydrogen) atoms. The van der Waals surface area contributed by atoms with Crippen molar-refractivity contribution in [1.29, 1.82) is 0 Å². The van der Waals surface area contributed by atoms with Crippen LogP contribution in [0, 0.1) is 5.82 Å². The van der Waals surface area contributed by atoms with Crippen LogP contribution in [0.4, 0.5) is 10.1 Å². The van der Waals surface area contributed by atoms with Gasteiger partial charge in [0.1, 0.15) is 5.82 Å². The predicted molar refractivity (Wildman–Crippen MR) is 94.8 cm³/mol. The van der Waals surface area contributed by atoms with Crippen LogP contribution in [0.15, 0.2) is 42.5 Å². The third kappa shape index (κ3) is 3.54. The SMILES string of the molecule is CN(C(=O)CNc1ccc(Cl)cc1F)C1CCCc2ccccc21. The molecule has 5 heteroatoms. The van der Waals surface area contributed by atoms with E-state index in [4.69, 9.17) is 11.6 Å². The summed E-state index contributed by atoms with van der Waals surface area (Å²) < 4.78 is 13.8. The van der Waals surface area contributed by atoms with Crippen LogP contribution >= 0.6 is 11.6 Å². The molecule has 0 fully saturated rings. The van der Waals surface area contributed by atoms with Gasteiger partial charge in [-0.15, -0.1) is 0 Å². The van der Waals surface area contributed by atoms with Crippen molar-refractivity contribution in [2.24, 2.45) is 0 Å². The van der Waals surface area contributed by atoms with Gasteiger partial charge in [-0.05, 0) is 48.6 Å². The van der Waals surface area contributed by atoms with Gasteiger partial charge in [-0.3, -0.25) is 4.79 Å². The normalized spacial score (nSPS) is 16.4. The molecule has 3 rings (SSSR count). The maximum Gasteiger partial charge on any atom is 0.242 e. The topological polar surface area (TPSA) is 32.3 Å². The van der Waals surface area contributed by atoms with Crippen molar-refractivity contribution >= 4 is 23.2 Å². The van der Waals surface area contributed by atoms with E-state index < -0.39 is 5.82 Å². The zero-order valence-electron chi connectivity index (χ0n) is 13.6. The number of aryl methyl sites for hydroxylation is 1. The summed E-state index contributed by atoms with van der Waals surface area (Å²) in [7, 11) is 1.81. The van der Waals surface area contributed by atoms with Gasteiger partial charge in [-0.2, -0.15) is 0 Å². The van der Waals surface area contributed by atoms with E-state index in [1.54, 1.807) is 17.0 Å². The lowest BCUT2D eigenvalue weighted by atomic mass is 9.87. The lowest BCUT2D eigenvalue weighted by Crippen LogP contribution is -2.37. The Labute approximate surface area is 146 Å². The number of amides is 1. The first kappa shape index (κ1) is 16.8. The molecule has 0 radical (unpaired) electrons. The largest absolute Gasteiger partial charge is 0.374 e. The summed E-state index contributed by atoms with van der Waals surface area (Å²) in [5, 5.41) is 3.19. The van der Waals surface area contributed by atoms with E-state index in [1.165, 1.54) is 17.2 Å². The molecule has 0 saturated heterocycles. The van der Waals surface area contributed by atoms with Crippen molar-refractivity contribution in [3.05, 3.63) is 64.4 Å². The lowest BCUT2D eigenvalue weighted by Gasteiger charge is -2.33. The molecule has 1 N–H and O–H groups in total. The van der Waals surface area contributed by atoms with Crippen LogP contribution in [0.2, 0.25) is 5.02 Å². The molecule has 1 aliphatic rings. The molecule has 3 nitrogen and oxygen atoms in total. The minimum atomic E-state index is -0.457. The van der Waals surface area contributed by atoms with Crippen LogP contribution in [0.3, 0.4) is 0 Å². The summed E-state index contributed by atoms with van der Waals surface area (Å²) in [5.74, 6) is -0.521. The molecule has 0 heterocycles. The third-order valence-electron chi connectivity index (χ3n) is 4.56. The highest BCUT2D eigenvalue weighted by Crippen LogP contribution is 2.33. The standard InChI is InChI=1S/C19H20ClFN2O/c1-23(18-8-4-6-13-5-2-3-7-15(13)18)19(24)12-22-17-10-9-14(20)11-16(17)21/h2-3,5,7,9-11,18,22H,4,6,8,12H2,1H3. The highest BCUT2D eigenvalue weighted by Gasteiger charge is 2.26. The van der Waals surface area contributed by atoms with E-state index in [2.05, 4.69) is 17.4 Å². The number of hydrogen-bond acceptors (Lipinski definition) is 2. The Kier molecular flexibility index (Phi) is 5.05. The number of hydrogen-bond donors (Lipinski definition) is 1. The maximum absolute atomic E-state index is 13.8. The van der Waals surface area contributed by atoms with Crippen LogP contribution in [-0.2, 0) is 11.2 Å². The molecule has 2 aromatic carbocycles. The smallest absolute Gasteiger partial charge is 0.242 e. The van der Waals surface area contributed by atoms with Crippen molar-refractivity contribution in [2.45, 2.75) is 25.3 Å². The fraction of sp³-hybridized carbons (Fsp3) is 0.316. The number of benzene rings is 2. The van der Waals surface area contributed by atoms with E-state index in [0.717, 1.165) is 19.3 Å². The zero-order valence-corrected chi connectivity index (χ0v) is 14.3. The molecular formula is C19H20ClFN2O. The van der Waals surface area contributed by atoms with Crippen LogP contribution in [0.1, 0.15) is 30.0 Å². The van der Waals surface area contributed by atoms with Gasteiger partial charge in [-0.25, -0.2) is 4.39 Å². The molecule has 126 valence electrons. The summed E-state index contributed by atoms with van der Waals surface area (Å²) in [6.45, 7) is 0.0493. The molecule has 0 spiro atoms. The van der Waals surface area contributed by atoms with Gasteiger partial charge in [0.25, 0.3) is 0 Å². The van der Waals surface area contributed by atoms with Gasteiger partial charge in [0, 0.05) is 12.1 Å². The number of nitrogens with one attached hydrogen (secondary N) is 1. The number of anilines is 1. The first-order valence-corrected chi connectivity index (χ1v) is 8.46. The molecule has 1 unspecified atom stereocenters. The van der Waals surface area contributed by atoms with Crippen molar-refractivity contribution < 1.29 is 9.18 Å². The Hall–Kier alpha value is -2.07. The number of likely N-dealkylation sites (N-methyl/N-ethyl adjacent to an activating group) is 1. The Morgan fingerprint density at radius 2 is 2.12 bits per heavy atom. The molecule has 1 amide bonds. The molecule has 1 atom stereocenters. The van der Waals surface area contributed by atoms with E-state index in [1.807, 2.05) is 19.2 Å². The number of fused-ring (bicyclic) bond motifs is 1. The predicted octanol–water partition coefficient (Wildman–Crippen LogP) is 4.43. The van der Waals surface area contributed by atoms with Gasteiger partial charge in [-0.1, -0.05) is 35.9 Å². The maximum atomic E-state index is 13.8. The summed E-state index contributed by atoms with van der Waals surface area (Å²) in [6.07, 6.45) is 3.08. The minimum absolute atomic E-state index is 0.0493. The van der Waals surface area contributed by atoms with Crippen LogP contribution in [-0.4, -0.2) is 24.4 Å². The van der Waals surface area contributed by atoms with Gasteiger partial charge in [0.2, 0.25) is 5.91 Å². The monoisotopic (exact) mass is 346 g/mol. The number of nitrogens with zero attached hydrogens (tertiary/aromatic N) is 1. The summed E-state index contributed by atoms with van der Waals surface area (Å²) in [6, 6.07) is 12.7. The first-order chi connectivity index (χ1) is 11.6. The van der Waals surface area contributed by atoms with E-state index in [0.29, 0.717) is 5.02 Å². The Morgan fingerprint density at radius 3 is 2.92 bits per heavy atom. The third-order valence-corrected chi connectivity index (χ3v) is 4.79. The van der Waals surface area contributed by atoms with Gasteiger partial charge in [0.05, 0.1) is 18.3 Å². The first-order valence-electron chi connectivity index (χ1n) is 8.08. The molecule has 0 saturated carbocycles. The van der Waals surface area contributed by atoms with Crippen molar-refractivity contribution in [2.75, 3.05) is 18.9 Å². The van der Waals surface area contributed by atoms with Crippen molar-refractivity contribution in [1.82, 2.24) is 4.90 Å².